The van der Waals surface area contributed by atoms with Gasteiger partial charge in [-0.05, 0) is 36.0 Å². The smallest absolute Gasteiger partial charge is 0.224 e. The summed E-state index contributed by atoms with van der Waals surface area (Å²) < 4.78 is 5.18. The first-order valence-electron chi connectivity index (χ1n) is 8.18. The second-order valence-electron chi connectivity index (χ2n) is 6.58. The molecule has 1 saturated heterocycles. The van der Waals surface area contributed by atoms with Crippen LogP contribution in [0.2, 0.25) is 0 Å². The fraction of sp³-hybridized carbons (Fsp3) is 0.611. The molecule has 0 bridgehead atoms. The largest absolute Gasteiger partial charge is 0.497 e. The second kappa shape index (κ2) is 8.18. The molecule has 4 heteroatoms. The summed E-state index contributed by atoms with van der Waals surface area (Å²) in [5.41, 5.74) is 0.983. The number of methoxy groups -OCH3 is 1. The Bertz CT molecular complexity index is 480. The minimum atomic E-state index is 0.0753. The van der Waals surface area contributed by atoms with Crippen LogP contribution in [0.4, 0.5) is 0 Å². The van der Waals surface area contributed by atoms with Crippen molar-refractivity contribution in [1.82, 2.24) is 10.2 Å². The molecule has 2 rings (SSSR count). The number of carbonyl (C=O) groups excluding carboxylic acids is 1. The number of hydrogen-bond acceptors (Lipinski definition) is 3. The Morgan fingerprint density at radius 3 is 2.73 bits per heavy atom. The molecule has 2 atom stereocenters. The molecule has 4 nitrogen and oxygen atoms in total. The zero-order valence-electron chi connectivity index (χ0n) is 14.0. The van der Waals surface area contributed by atoms with Gasteiger partial charge in [0.15, 0.2) is 0 Å². The van der Waals surface area contributed by atoms with E-state index in [0.717, 1.165) is 49.3 Å². The van der Waals surface area contributed by atoms with Crippen LogP contribution >= 0.6 is 0 Å². The number of carbonyl (C=O) groups is 1. The zero-order valence-corrected chi connectivity index (χ0v) is 14.0. The van der Waals surface area contributed by atoms with Gasteiger partial charge < -0.3 is 15.0 Å². The summed E-state index contributed by atoms with van der Waals surface area (Å²) in [5, 5.41) is 3.02. The summed E-state index contributed by atoms with van der Waals surface area (Å²) in [4.78, 5) is 14.5. The molecular formula is C18H28N2O2. The first-order valence-corrected chi connectivity index (χ1v) is 8.18. The summed E-state index contributed by atoms with van der Waals surface area (Å²) in [6.45, 7) is 8.58. The van der Waals surface area contributed by atoms with E-state index >= 15 is 0 Å². The van der Waals surface area contributed by atoms with Gasteiger partial charge >= 0.3 is 0 Å². The van der Waals surface area contributed by atoms with Crippen molar-refractivity contribution < 1.29 is 9.53 Å². The number of nitrogens with one attached hydrogen (secondary N) is 1. The SMILES string of the molecule is COc1cccc(CC(=O)NCCN2C[C@@H](C)C[C@H](C)C2)c1. The van der Waals surface area contributed by atoms with Crippen molar-refractivity contribution in [2.75, 3.05) is 33.3 Å². The maximum atomic E-state index is 12.0. The lowest BCUT2D eigenvalue weighted by Crippen LogP contribution is -2.43. The van der Waals surface area contributed by atoms with Crippen LogP contribution in [0, 0.1) is 11.8 Å². The highest BCUT2D eigenvalue weighted by Crippen LogP contribution is 2.20. The Balaban J connectivity index is 1.71. The molecule has 0 spiro atoms. The lowest BCUT2D eigenvalue weighted by molar-refractivity contribution is -0.120. The van der Waals surface area contributed by atoms with Crippen LogP contribution in [-0.4, -0.2) is 44.1 Å². The summed E-state index contributed by atoms with van der Waals surface area (Å²) in [5.74, 6) is 2.39. The molecule has 0 saturated carbocycles. The Kier molecular flexibility index (Phi) is 6.25. The van der Waals surface area contributed by atoms with E-state index in [-0.39, 0.29) is 5.91 Å². The summed E-state index contributed by atoms with van der Waals surface area (Å²) >= 11 is 0. The van der Waals surface area contributed by atoms with Gasteiger partial charge in [-0.2, -0.15) is 0 Å². The zero-order chi connectivity index (χ0) is 15.9. The molecule has 1 aromatic carbocycles. The van der Waals surface area contributed by atoms with Crippen molar-refractivity contribution in [1.29, 1.82) is 0 Å². The topological polar surface area (TPSA) is 41.6 Å². The van der Waals surface area contributed by atoms with Crippen molar-refractivity contribution >= 4 is 5.91 Å². The minimum Gasteiger partial charge on any atom is -0.497 e. The third-order valence-corrected chi connectivity index (χ3v) is 4.19. The molecule has 0 aromatic heterocycles. The lowest BCUT2D eigenvalue weighted by Gasteiger charge is -2.34. The van der Waals surface area contributed by atoms with E-state index in [0.29, 0.717) is 6.42 Å². The number of nitrogens with zero attached hydrogens (tertiary/aromatic N) is 1. The molecular weight excluding hydrogens is 276 g/mol. The average molecular weight is 304 g/mol. The van der Waals surface area contributed by atoms with Gasteiger partial charge in [0.05, 0.1) is 13.5 Å². The summed E-state index contributed by atoms with van der Waals surface area (Å²) in [6.07, 6.45) is 1.72. The first-order chi connectivity index (χ1) is 10.6. The van der Waals surface area contributed by atoms with E-state index < -0.39 is 0 Å². The van der Waals surface area contributed by atoms with E-state index in [1.807, 2.05) is 24.3 Å². The standard InChI is InChI=1S/C18H28N2O2/c1-14-9-15(2)13-20(12-14)8-7-19-18(21)11-16-5-4-6-17(10-16)22-3/h4-6,10,14-15H,7-9,11-13H2,1-3H3,(H,19,21)/t14-,15-/m0/s1. The first kappa shape index (κ1) is 16.8. The van der Waals surface area contributed by atoms with E-state index in [9.17, 15) is 4.79 Å². The molecule has 122 valence electrons. The molecule has 1 aliphatic heterocycles. The predicted octanol–water partition coefficient (Wildman–Crippen LogP) is 2.33. The van der Waals surface area contributed by atoms with Gasteiger partial charge in [0.1, 0.15) is 5.75 Å². The van der Waals surface area contributed by atoms with Gasteiger partial charge in [-0.25, -0.2) is 0 Å². The van der Waals surface area contributed by atoms with E-state index in [1.54, 1.807) is 7.11 Å². The lowest BCUT2D eigenvalue weighted by atomic mass is 9.92. The monoisotopic (exact) mass is 304 g/mol. The molecule has 1 amide bonds. The fourth-order valence-electron chi connectivity index (χ4n) is 3.36. The molecule has 1 aliphatic rings. The molecule has 1 N–H and O–H groups in total. The predicted molar refractivity (Wildman–Crippen MR) is 89.1 cm³/mol. The van der Waals surface area contributed by atoms with Crippen LogP contribution in [0.25, 0.3) is 0 Å². The summed E-state index contributed by atoms with van der Waals surface area (Å²) in [6, 6.07) is 7.67. The van der Waals surface area contributed by atoms with E-state index in [2.05, 4.69) is 24.1 Å². The Hall–Kier alpha value is -1.55. The molecule has 22 heavy (non-hydrogen) atoms. The quantitative estimate of drug-likeness (QED) is 0.877. The van der Waals surface area contributed by atoms with Crippen LogP contribution < -0.4 is 10.1 Å². The normalized spacial score (nSPS) is 22.3. The third kappa shape index (κ3) is 5.34. The van der Waals surface area contributed by atoms with Crippen molar-refractivity contribution in [3.8, 4) is 5.75 Å². The number of ether oxygens (including phenoxy) is 1. The van der Waals surface area contributed by atoms with Crippen LogP contribution in [0.3, 0.4) is 0 Å². The Morgan fingerprint density at radius 1 is 1.32 bits per heavy atom. The van der Waals surface area contributed by atoms with Crippen molar-refractivity contribution in [2.45, 2.75) is 26.7 Å². The molecule has 0 radical (unpaired) electrons. The number of amides is 1. The van der Waals surface area contributed by atoms with Gasteiger partial charge in [-0.1, -0.05) is 26.0 Å². The second-order valence-corrected chi connectivity index (χ2v) is 6.58. The Morgan fingerprint density at radius 2 is 2.05 bits per heavy atom. The minimum absolute atomic E-state index is 0.0753. The summed E-state index contributed by atoms with van der Waals surface area (Å²) in [7, 11) is 1.64. The highest BCUT2D eigenvalue weighted by atomic mass is 16.5. The van der Waals surface area contributed by atoms with E-state index in [4.69, 9.17) is 4.74 Å². The molecule has 1 fully saturated rings. The van der Waals surface area contributed by atoms with Gasteiger partial charge in [-0.3, -0.25) is 4.79 Å². The maximum absolute atomic E-state index is 12.0. The molecule has 0 aliphatic carbocycles. The van der Waals surface area contributed by atoms with Gasteiger partial charge in [0.2, 0.25) is 5.91 Å². The van der Waals surface area contributed by atoms with Crippen molar-refractivity contribution in [3.05, 3.63) is 29.8 Å². The van der Waals surface area contributed by atoms with Gasteiger partial charge in [0, 0.05) is 26.2 Å². The molecule has 1 heterocycles. The number of hydrogen-bond donors (Lipinski definition) is 1. The van der Waals surface area contributed by atoms with Crippen LogP contribution in [-0.2, 0) is 11.2 Å². The van der Waals surface area contributed by atoms with Gasteiger partial charge in [0.25, 0.3) is 0 Å². The third-order valence-electron chi connectivity index (χ3n) is 4.19. The Labute approximate surface area is 133 Å². The number of rotatable bonds is 6. The highest BCUT2D eigenvalue weighted by Gasteiger charge is 2.21. The number of benzene rings is 1. The number of likely N-dealkylation sites (tertiary alicyclic amines) is 1. The van der Waals surface area contributed by atoms with Crippen molar-refractivity contribution in [3.63, 3.8) is 0 Å². The van der Waals surface area contributed by atoms with Crippen LogP contribution in [0.1, 0.15) is 25.8 Å². The van der Waals surface area contributed by atoms with Crippen LogP contribution in [0.5, 0.6) is 5.75 Å². The van der Waals surface area contributed by atoms with Crippen molar-refractivity contribution in [2.24, 2.45) is 11.8 Å². The maximum Gasteiger partial charge on any atom is 0.224 e. The number of piperidine rings is 1. The molecule has 0 unspecified atom stereocenters. The van der Waals surface area contributed by atoms with Crippen LogP contribution in [0.15, 0.2) is 24.3 Å². The van der Waals surface area contributed by atoms with E-state index in [1.165, 1.54) is 6.42 Å². The van der Waals surface area contributed by atoms with Gasteiger partial charge in [-0.15, -0.1) is 0 Å². The highest BCUT2D eigenvalue weighted by molar-refractivity contribution is 5.78. The average Bonchev–Trinajstić information content (AvgIpc) is 2.46. The molecule has 1 aromatic rings. The fourth-order valence-corrected chi connectivity index (χ4v) is 3.36.